The van der Waals surface area contributed by atoms with E-state index in [2.05, 4.69) is 5.32 Å². The largest absolute Gasteiger partial charge is 0.494 e. The van der Waals surface area contributed by atoms with E-state index >= 15 is 0 Å². The first kappa shape index (κ1) is 16.2. The van der Waals surface area contributed by atoms with Crippen LogP contribution in [0.15, 0.2) is 48.5 Å². The summed E-state index contributed by atoms with van der Waals surface area (Å²) in [7, 11) is 0. The van der Waals surface area contributed by atoms with Crippen molar-refractivity contribution in [1.82, 2.24) is 5.32 Å². The summed E-state index contributed by atoms with van der Waals surface area (Å²) in [5.41, 5.74) is 0.985. The number of carbonyl (C=O) groups excluding carboxylic acids is 1. The predicted molar refractivity (Wildman–Crippen MR) is 86.4 cm³/mol. The lowest BCUT2D eigenvalue weighted by atomic mass is 10.2. The fraction of sp³-hybridized carbons (Fsp3) is 0.235. The summed E-state index contributed by atoms with van der Waals surface area (Å²) in [5.74, 6) is 1.23. The Morgan fingerprint density at radius 3 is 2.18 bits per heavy atom. The molecule has 0 fully saturated rings. The molecule has 116 valence electrons. The van der Waals surface area contributed by atoms with E-state index in [1.165, 1.54) is 0 Å². The highest BCUT2D eigenvalue weighted by atomic mass is 35.5. The highest BCUT2D eigenvalue weighted by molar-refractivity contribution is 6.30. The number of halogens is 1. The van der Waals surface area contributed by atoms with Crippen molar-refractivity contribution in [2.24, 2.45) is 0 Å². The van der Waals surface area contributed by atoms with Crippen LogP contribution in [-0.4, -0.2) is 19.1 Å². The molecule has 0 bridgehead atoms. The number of nitrogens with one attached hydrogen (secondary N) is 1. The number of ether oxygens (including phenoxy) is 2. The van der Waals surface area contributed by atoms with Crippen molar-refractivity contribution in [2.45, 2.75) is 13.5 Å². The average Bonchev–Trinajstić information content (AvgIpc) is 2.54. The van der Waals surface area contributed by atoms with E-state index in [-0.39, 0.29) is 12.5 Å². The van der Waals surface area contributed by atoms with Gasteiger partial charge in [-0.2, -0.15) is 0 Å². The molecule has 5 heteroatoms. The van der Waals surface area contributed by atoms with Gasteiger partial charge < -0.3 is 14.8 Å². The Bertz CT molecular complexity index is 596. The third kappa shape index (κ3) is 5.30. The van der Waals surface area contributed by atoms with Crippen molar-refractivity contribution in [2.75, 3.05) is 13.2 Å². The number of carbonyl (C=O) groups is 1. The second-order valence-electron chi connectivity index (χ2n) is 4.60. The van der Waals surface area contributed by atoms with Gasteiger partial charge in [0.1, 0.15) is 11.5 Å². The highest BCUT2D eigenvalue weighted by Crippen LogP contribution is 2.17. The fourth-order valence-electron chi connectivity index (χ4n) is 1.80. The van der Waals surface area contributed by atoms with Gasteiger partial charge in [0, 0.05) is 11.6 Å². The van der Waals surface area contributed by atoms with Gasteiger partial charge in [-0.3, -0.25) is 4.79 Å². The quantitative estimate of drug-likeness (QED) is 0.850. The molecule has 0 aliphatic heterocycles. The summed E-state index contributed by atoms with van der Waals surface area (Å²) >= 11 is 5.81. The first-order valence-electron chi connectivity index (χ1n) is 7.04. The SMILES string of the molecule is CCOc1ccc(OCC(=O)NCc2ccc(Cl)cc2)cc1. The number of hydrogen-bond donors (Lipinski definition) is 1. The van der Waals surface area contributed by atoms with Crippen LogP contribution >= 0.6 is 11.6 Å². The van der Waals surface area contributed by atoms with Crippen molar-refractivity contribution in [3.8, 4) is 11.5 Å². The van der Waals surface area contributed by atoms with Crippen molar-refractivity contribution >= 4 is 17.5 Å². The number of hydrogen-bond acceptors (Lipinski definition) is 3. The van der Waals surface area contributed by atoms with E-state index in [9.17, 15) is 4.79 Å². The van der Waals surface area contributed by atoms with E-state index < -0.39 is 0 Å². The molecule has 2 aromatic carbocycles. The molecule has 22 heavy (non-hydrogen) atoms. The van der Waals surface area contributed by atoms with Crippen molar-refractivity contribution in [3.63, 3.8) is 0 Å². The zero-order valence-electron chi connectivity index (χ0n) is 12.3. The van der Waals surface area contributed by atoms with Crippen molar-refractivity contribution < 1.29 is 14.3 Å². The zero-order valence-corrected chi connectivity index (χ0v) is 13.1. The molecule has 0 saturated heterocycles. The first-order chi connectivity index (χ1) is 10.7. The number of rotatable bonds is 7. The van der Waals surface area contributed by atoms with Gasteiger partial charge in [0.2, 0.25) is 0 Å². The molecule has 1 N–H and O–H groups in total. The lowest BCUT2D eigenvalue weighted by Crippen LogP contribution is -2.28. The number of amides is 1. The van der Waals surface area contributed by atoms with Crippen LogP contribution in [0.3, 0.4) is 0 Å². The van der Waals surface area contributed by atoms with Gasteiger partial charge in [-0.15, -0.1) is 0 Å². The second kappa shape index (κ2) is 8.29. The zero-order chi connectivity index (χ0) is 15.8. The van der Waals surface area contributed by atoms with Crippen LogP contribution in [0, 0.1) is 0 Å². The van der Waals surface area contributed by atoms with E-state index in [0.717, 1.165) is 11.3 Å². The third-order valence-corrected chi connectivity index (χ3v) is 3.16. The molecular formula is C17H18ClNO3. The lowest BCUT2D eigenvalue weighted by molar-refractivity contribution is -0.123. The molecule has 0 atom stereocenters. The van der Waals surface area contributed by atoms with Gasteiger partial charge in [-0.05, 0) is 48.9 Å². The molecule has 0 spiro atoms. The van der Waals surface area contributed by atoms with Crippen LogP contribution in [0.25, 0.3) is 0 Å². The van der Waals surface area contributed by atoms with Crippen LogP contribution in [0.4, 0.5) is 0 Å². The molecule has 0 unspecified atom stereocenters. The molecule has 4 nitrogen and oxygen atoms in total. The van der Waals surface area contributed by atoms with E-state index in [0.29, 0.717) is 23.9 Å². The third-order valence-electron chi connectivity index (χ3n) is 2.91. The van der Waals surface area contributed by atoms with E-state index in [4.69, 9.17) is 21.1 Å². The maximum Gasteiger partial charge on any atom is 0.258 e. The molecule has 0 heterocycles. The normalized spacial score (nSPS) is 10.1. The Balaban J connectivity index is 1.74. The van der Waals surface area contributed by atoms with Gasteiger partial charge in [-0.25, -0.2) is 0 Å². The minimum atomic E-state index is -0.177. The monoisotopic (exact) mass is 319 g/mol. The van der Waals surface area contributed by atoms with Crippen LogP contribution < -0.4 is 14.8 Å². The van der Waals surface area contributed by atoms with Gasteiger partial charge in [-0.1, -0.05) is 23.7 Å². The van der Waals surface area contributed by atoms with Crippen LogP contribution in [0.5, 0.6) is 11.5 Å². The maximum atomic E-state index is 11.7. The summed E-state index contributed by atoms with van der Waals surface area (Å²) in [4.78, 5) is 11.7. The molecule has 2 rings (SSSR count). The van der Waals surface area contributed by atoms with Crippen molar-refractivity contribution in [3.05, 3.63) is 59.1 Å². The first-order valence-corrected chi connectivity index (χ1v) is 7.42. The minimum absolute atomic E-state index is 0.0262. The Kier molecular flexibility index (Phi) is 6.10. The molecule has 0 aromatic heterocycles. The smallest absolute Gasteiger partial charge is 0.258 e. The van der Waals surface area contributed by atoms with Gasteiger partial charge in [0.25, 0.3) is 5.91 Å². The molecule has 2 aromatic rings. The Morgan fingerprint density at radius 2 is 1.59 bits per heavy atom. The number of benzene rings is 2. The Labute approximate surface area is 135 Å². The average molecular weight is 320 g/mol. The summed E-state index contributed by atoms with van der Waals surface area (Å²) in [6.07, 6.45) is 0. The summed E-state index contributed by atoms with van der Waals surface area (Å²) in [6.45, 7) is 2.97. The molecule has 0 aliphatic carbocycles. The highest BCUT2D eigenvalue weighted by Gasteiger charge is 2.03. The molecule has 0 radical (unpaired) electrons. The summed E-state index contributed by atoms with van der Waals surface area (Å²) in [5, 5.41) is 3.46. The Hall–Kier alpha value is -2.20. The maximum absolute atomic E-state index is 11.7. The van der Waals surface area contributed by atoms with Gasteiger partial charge >= 0.3 is 0 Å². The predicted octanol–water partition coefficient (Wildman–Crippen LogP) is 3.43. The second-order valence-corrected chi connectivity index (χ2v) is 5.03. The van der Waals surface area contributed by atoms with Gasteiger partial charge in [0.05, 0.1) is 6.61 Å². The van der Waals surface area contributed by atoms with Gasteiger partial charge in [0.15, 0.2) is 6.61 Å². The van der Waals surface area contributed by atoms with Crippen LogP contribution in [0.1, 0.15) is 12.5 Å². The van der Waals surface area contributed by atoms with Crippen molar-refractivity contribution in [1.29, 1.82) is 0 Å². The standard InChI is InChI=1S/C17H18ClNO3/c1-2-21-15-7-9-16(10-8-15)22-12-17(20)19-11-13-3-5-14(18)6-4-13/h3-10H,2,11-12H2,1H3,(H,19,20). The van der Waals surface area contributed by atoms with E-state index in [1.807, 2.05) is 31.2 Å². The van der Waals surface area contributed by atoms with Crippen LogP contribution in [0.2, 0.25) is 5.02 Å². The van der Waals surface area contributed by atoms with Crippen LogP contribution in [-0.2, 0) is 11.3 Å². The topological polar surface area (TPSA) is 47.6 Å². The molecule has 0 aliphatic rings. The summed E-state index contributed by atoms with van der Waals surface area (Å²) < 4.78 is 10.8. The van der Waals surface area contributed by atoms with E-state index in [1.54, 1.807) is 24.3 Å². The molecule has 1 amide bonds. The molecule has 0 saturated carbocycles. The molecular weight excluding hydrogens is 302 g/mol. The summed E-state index contributed by atoms with van der Waals surface area (Å²) in [6, 6.07) is 14.5. The Morgan fingerprint density at radius 1 is 1.00 bits per heavy atom. The lowest BCUT2D eigenvalue weighted by Gasteiger charge is -2.08. The fourth-order valence-corrected chi connectivity index (χ4v) is 1.93. The minimum Gasteiger partial charge on any atom is -0.494 e.